The first-order valence-corrected chi connectivity index (χ1v) is 11.6. The molecule has 0 atom stereocenters. The maximum Gasteiger partial charge on any atom is 0.340 e. The number of nitrogens with two attached hydrogens (primary N) is 1. The van der Waals surface area contributed by atoms with Crippen LogP contribution in [-0.4, -0.2) is 24.1 Å². The number of anilines is 2. The second-order valence-corrected chi connectivity index (χ2v) is 8.16. The van der Waals surface area contributed by atoms with Crippen LogP contribution < -0.4 is 20.5 Å². The molecular weight excluding hydrogens is 484 g/mol. The Bertz CT molecular complexity index is 1480. The lowest BCUT2D eigenvalue weighted by molar-refractivity contribution is 0.0601. The van der Waals surface area contributed by atoms with Gasteiger partial charge in [0.1, 0.15) is 23.9 Å². The highest BCUT2D eigenvalue weighted by atomic mass is 16.5. The van der Waals surface area contributed by atoms with Crippen LogP contribution in [0.4, 0.5) is 11.4 Å². The Morgan fingerprint density at radius 2 is 1.47 bits per heavy atom. The van der Waals surface area contributed by atoms with Gasteiger partial charge in [0.15, 0.2) is 5.75 Å². The fraction of sp³-hybridized carbons (Fsp3) is 0.0667. The predicted octanol–water partition coefficient (Wildman–Crippen LogP) is 5.64. The van der Waals surface area contributed by atoms with E-state index in [0.29, 0.717) is 17.9 Å². The molecule has 0 spiro atoms. The molecule has 4 N–H and O–H groups in total. The van der Waals surface area contributed by atoms with Gasteiger partial charge in [-0.15, -0.1) is 0 Å². The molecule has 192 valence electrons. The van der Waals surface area contributed by atoms with Crippen molar-refractivity contribution in [3.05, 3.63) is 120 Å². The van der Waals surface area contributed by atoms with E-state index in [4.69, 9.17) is 19.9 Å². The molecule has 0 heterocycles. The smallest absolute Gasteiger partial charge is 0.340 e. The summed E-state index contributed by atoms with van der Waals surface area (Å²) in [4.78, 5) is 25.2. The highest BCUT2D eigenvalue weighted by Crippen LogP contribution is 2.34. The molecule has 8 heteroatoms. The molecule has 0 unspecified atom stereocenters. The molecule has 4 aromatic rings. The first-order chi connectivity index (χ1) is 18.4. The maximum atomic E-state index is 13.1. The van der Waals surface area contributed by atoms with Gasteiger partial charge in [0, 0.05) is 0 Å². The lowest BCUT2D eigenvalue weighted by atomic mass is 10.1. The molecule has 0 radical (unpaired) electrons. The quantitative estimate of drug-likeness (QED) is 0.115. The summed E-state index contributed by atoms with van der Waals surface area (Å²) < 4.78 is 16.7. The normalized spacial score (nSPS) is 10.3. The van der Waals surface area contributed by atoms with E-state index in [1.165, 1.54) is 31.4 Å². The van der Waals surface area contributed by atoms with Crippen LogP contribution in [0.3, 0.4) is 0 Å². The van der Waals surface area contributed by atoms with Crippen LogP contribution in [0.5, 0.6) is 17.2 Å². The van der Waals surface area contributed by atoms with Crippen LogP contribution in [-0.2, 0) is 11.3 Å². The number of esters is 1. The van der Waals surface area contributed by atoms with Gasteiger partial charge in [-0.25, -0.2) is 4.79 Å². The third-order valence-electron chi connectivity index (χ3n) is 5.65. The number of phenolic OH excluding ortho intramolecular Hbond substituents is 1. The van der Waals surface area contributed by atoms with Crippen LogP contribution in [0.15, 0.2) is 97.6 Å². The monoisotopic (exact) mass is 510 g/mol. The first-order valence-electron chi connectivity index (χ1n) is 11.6. The van der Waals surface area contributed by atoms with E-state index in [1.54, 1.807) is 12.1 Å². The van der Waals surface area contributed by atoms with Gasteiger partial charge in [0.2, 0.25) is 0 Å². The number of para-hydroxylation sites is 3. The third-order valence-corrected chi connectivity index (χ3v) is 5.65. The van der Waals surface area contributed by atoms with E-state index in [-0.39, 0.29) is 39.8 Å². The van der Waals surface area contributed by atoms with Crippen LogP contribution in [0.25, 0.3) is 5.76 Å². The van der Waals surface area contributed by atoms with Gasteiger partial charge < -0.3 is 30.4 Å². The average molecular weight is 511 g/mol. The second kappa shape index (κ2) is 11.7. The third kappa shape index (κ3) is 5.76. The van der Waals surface area contributed by atoms with Crippen LogP contribution >= 0.6 is 0 Å². The van der Waals surface area contributed by atoms with E-state index in [1.807, 2.05) is 54.6 Å². The Morgan fingerprint density at radius 3 is 2.24 bits per heavy atom. The minimum Gasteiger partial charge on any atom is -0.506 e. The molecule has 0 aliphatic carbocycles. The van der Waals surface area contributed by atoms with Crippen molar-refractivity contribution in [3.8, 4) is 17.2 Å². The Hall–Kier alpha value is -5.24. The maximum absolute atomic E-state index is 13.1. The largest absolute Gasteiger partial charge is 0.506 e. The van der Waals surface area contributed by atoms with Gasteiger partial charge >= 0.3 is 5.97 Å². The molecule has 0 bridgehead atoms. The molecule has 0 aromatic heterocycles. The van der Waals surface area contributed by atoms with Crippen molar-refractivity contribution in [2.45, 2.75) is 6.61 Å². The van der Waals surface area contributed by atoms with Gasteiger partial charge in [-0.2, -0.15) is 0 Å². The number of carbonyl (C=O) groups excluding carboxylic acids is 2. The fourth-order valence-corrected chi connectivity index (χ4v) is 3.71. The summed E-state index contributed by atoms with van der Waals surface area (Å²) in [6.07, 6.45) is 0. The number of hydrogen-bond donors (Lipinski definition) is 3. The Labute approximate surface area is 219 Å². The zero-order chi connectivity index (χ0) is 27.1. The van der Waals surface area contributed by atoms with Crippen molar-refractivity contribution < 1.29 is 28.9 Å². The van der Waals surface area contributed by atoms with E-state index in [2.05, 4.69) is 11.9 Å². The number of rotatable bonds is 9. The zero-order valence-corrected chi connectivity index (χ0v) is 20.6. The number of aromatic hydroxyl groups is 1. The van der Waals surface area contributed by atoms with Crippen molar-refractivity contribution in [2.24, 2.45) is 0 Å². The predicted molar refractivity (Wildman–Crippen MR) is 145 cm³/mol. The van der Waals surface area contributed by atoms with Crippen molar-refractivity contribution in [1.29, 1.82) is 0 Å². The van der Waals surface area contributed by atoms with Gasteiger partial charge in [0.05, 0.1) is 35.2 Å². The lowest BCUT2D eigenvalue weighted by Crippen LogP contribution is -2.17. The highest BCUT2D eigenvalue weighted by Gasteiger charge is 2.21. The molecule has 0 aliphatic rings. The number of carbonyl (C=O) groups is 2. The standard InChI is InChI=1S/C30H26N2O6/c1-19(21-12-6-7-16-25(21)37-18-20-10-4-3-5-11-20)38-26-17-9-13-22(27(26)31)29(34)32-28-23(30(35)36-2)14-8-15-24(28)33/h3-17,33H,1,18,31H2,2H3,(H,32,34). The molecule has 4 aromatic carbocycles. The lowest BCUT2D eigenvalue weighted by Gasteiger charge is -2.17. The number of nitrogen functional groups attached to an aromatic ring is 1. The Morgan fingerprint density at radius 1 is 0.842 bits per heavy atom. The van der Waals surface area contributed by atoms with Crippen LogP contribution in [0.1, 0.15) is 31.8 Å². The first kappa shape index (κ1) is 25.8. The highest BCUT2D eigenvalue weighted by molar-refractivity contribution is 6.12. The summed E-state index contributed by atoms with van der Waals surface area (Å²) >= 11 is 0. The molecule has 0 saturated heterocycles. The van der Waals surface area contributed by atoms with Gasteiger partial charge in [0.25, 0.3) is 5.91 Å². The summed E-state index contributed by atoms with van der Waals surface area (Å²) in [7, 11) is 1.20. The number of phenols is 1. The summed E-state index contributed by atoms with van der Waals surface area (Å²) in [6, 6.07) is 26.0. The van der Waals surface area contributed by atoms with E-state index in [9.17, 15) is 14.7 Å². The Kier molecular flexibility index (Phi) is 7.93. The minimum atomic E-state index is -0.717. The molecule has 0 fully saturated rings. The molecular formula is C30H26N2O6. The van der Waals surface area contributed by atoms with Crippen molar-refractivity contribution in [3.63, 3.8) is 0 Å². The number of methoxy groups -OCH3 is 1. The van der Waals surface area contributed by atoms with Crippen LogP contribution in [0.2, 0.25) is 0 Å². The second-order valence-electron chi connectivity index (χ2n) is 8.16. The summed E-state index contributed by atoms with van der Waals surface area (Å²) in [5.41, 5.74) is 7.93. The summed E-state index contributed by atoms with van der Waals surface area (Å²) in [5.74, 6) is -0.628. The topological polar surface area (TPSA) is 120 Å². The molecule has 8 nitrogen and oxygen atoms in total. The molecule has 38 heavy (non-hydrogen) atoms. The number of ether oxygens (including phenoxy) is 3. The van der Waals surface area contributed by atoms with E-state index >= 15 is 0 Å². The molecule has 0 saturated carbocycles. The van der Waals surface area contributed by atoms with Crippen molar-refractivity contribution in [2.75, 3.05) is 18.2 Å². The van der Waals surface area contributed by atoms with E-state index in [0.717, 1.165) is 5.56 Å². The molecule has 0 aliphatic heterocycles. The fourth-order valence-electron chi connectivity index (χ4n) is 3.71. The van der Waals surface area contributed by atoms with Gasteiger partial charge in [-0.05, 0) is 42.0 Å². The SMILES string of the molecule is C=C(Oc1cccc(C(=O)Nc2c(O)cccc2C(=O)OC)c1N)c1ccccc1OCc1ccccc1. The number of hydrogen-bond acceptors (Lipinski definition) is 7. The number of benzene rings is 4. The molecule has 4 rings (SSSR count). The Balaban J connectivity index is 1.54. The minimum absolute atomic E-state index is 0.00712. The van der Waals surface area contributed by atoms with Gasteiger partial charge in [-0.3, -0.25) is 4.79 Å². The van der Waals surface area contributed by atoms with Crippen LogP contribution in [0, 0.1) is 0 Å². The van der Waals surface area contributed by atoms with Gasteiger partial charge in [-0.1, -0.05) is 61.2 Å². The number of amides is 1. The van der Waals surface area contributed by atoms with Crippen molar-refractivity contribution >= 4 is 29.0 Å². The zero-order valence-electron chi connectivity index (χ0n) is 20.6. The molecule has 1 amide bonds. The number of nitrogens with one attached hydrogen (secondary N) is 1. The summed E-state index contributed by atoms with van der Waals surface area (Å²) in [5, 5.41) is 12.8. The summed E-state index contributed by atoms with van der Waals surface area (Å²) in [6.45, 7) is 4.39. The van der Waals surface area contributed by atoms with Crippen molar-refractivity contribution in [1.82, 2.24) is 0 Å². The average Bonchev–Trinajstić information content (AvgIpc) is 2.94. The van der Waals surface area contributed by atoms with E-state index < -0.39 is 11.9 Å².